The number of carbonyl (C=O) groups is 2. The zero-order valence-electron chi connectivity index (χ0n) is 16.2. The van der Waals surface area contributed by atoms with Crippen LogP contribution in [0.15, 0.2) is 34.9 Å². The van der Waals surface area contributed by atoms with Gasteiger partial charge in [0, 0.05) is 39.6 Å². The van der Waals surface area contributed by atoms with Crippen LogP contribution in [0, 0.1) is 13.8 Å². The van der Waals surface area contributed by atoms with Gasteiger partial charge in [-0.2, -0.15) is 0 Å². The highest BCUT2D eigenvalue weighted by molar-refractivity contribution is 5.92. The third kappa shape index (κ3) is 4.36. The number of benzene rings is 1. The van der Waals surface area contributed by atoms with Crippen LogP contribution in [0.5, 0.6) is 0 Å². The second kappa shape index (κ2) is 7.92. The van der Waals surface area contributed by atoms with Gasteiger partial charge in [0.25, 0.3) is 5.91 Å². The average Bonchev–Trinajstić information content (AvgIpc) is 3.07. The molecule has 144 valence electrons. The number of hydrogen-bond acceptors (Lipinski definition) is 5. The number of aryl methyl sites for hydroxylation is 2. The summed E-state index contributed by atoms with van der Waals surface area (Å²) in [5.41, 5.74) is 2.61. The van der Waals surface area contributed by atoms with E-state index in [-0.39, 0.29) is 29.6 Å². The molecule has 2 atom stereocenters. The summed E-state index contributed by atoms with van der Waals surface area (Å²) in [6.45, 7) is 7.32. The lowest BCUT2D eigenvalue weighted by Gasteiger charge is -2.43. The first kappa shape index (κ1) is 19.1. The maximum atomic E-state index is 12.5. The lowest BCUT2D eigenvalue weighted by atomic mass is 10.0. The molecule has 0 radical (unpaired) electrons. The van der Waals surface area contributed by atoms with Crippen molar-refractivity contribution in [3.05, 3.63) is 53.2 Å². The molecule has 2 amide bonds. The second-order valence-electron chi connectivity index (χ2n) is 7.17. The minimum Gasteiger partial charge on any atom is -0.448 e. The zero-order valence-corrected chi connectivity index (χ0v) is 16.2. The Hall–Kier alpha value is -2.67. The van der Waals surface area contributed by atoms with Gasteiger partial charge in [-0.3, -0.25) is 14.5 Å². The van der Waals surface area contributed by atoms with Crippen molar-refractivity contribution >= 4 is 11.8 Å². The van der Waals surface area contributed by atoms with Crippen LogP contribution < -0.4 is 5.32 Å². The molecule has 1 aromatic carbocycles. The SMILES string of the molecule is Cc1cccc(CN2[C@H](CNC(=O)c3coc(C)n3)CN(C)C(=O)[C@@H]2C)c1. The molecule has 0 unspecified atom stereocenters. The van der Waals surface area contributed by atoms with Crippen LogP contribution >= 0.6 is 0 Å². The molecule has 1 aliphatic heterocycles. The van der Waals surface area contributed by atoms with E-state index >= 15 is 0 Å². The van der Waals surface area contributed by atoms with Crippen LogP contribution in [0.2, 0.25) is 0 Å². The van der Waals surface area contributed by atoms with Crippen molar-refractivity contribution in [2.45, 2.75) is 39.4 Å². The second-order valence-corrected chi connectivity index (χ2v) is 7.17. The number of amides is 2. The number of nitrogens with zero attached hydrogens (tertiary/aromatic N) is 3. The lowest BCUT2D eigenvalue weighted by molar-refractivity contribution is -0.142. The summed E-state index contributed by atoms with van der Waals surface area (Å²) >= 11 is 0. The van der Waals surface area contributed by atoms with Crippen LogP contribution in [0.4, 0.5) is 0 Å². The maximum Gasteiger partial charge on any atom is 0.273 e. The molecule has 7 nitrogen and oxygen atoms in total. The van der Waals surface area contributed by atoms with Crippen molar-refractivity contribution in [3.63, 3.8) is 0 Å². The molecule has 27 heavy (non-hydrogen) atoms. The summed E-state index contributed by atoms with van der Waals surface area (Å²) in [6, 6.07) is 8.04. The van der Waals surface area contributed by atoms with E-state index in [1.54, 1.807) is 18.9 Å². The first-order valence-electron chi connectivity index (χ1n) is 9.11. The zero-order chi connectivity index (χ0) is 19.6. The molecule has 0 saturated carbocycles. The van der Waals surface area contributed by atoms with E-state index in [1.807, 2.05) is 13.0 Å². The van der Waals surface area contributed by atoms with Gasteiger partial charge in [-0.05, 0) is 19.4 Å². The van der Waals surface area contributed by atoms with Crippen LogP contribution in [0.3, 0.4) is 0 Å². The molecule has 1 aromatic heterocycles. The predicted molar refractivity (Wildman–Crippen MR) is 101 cm³/mol. The number of nitrogens with one attached hydrogen (secondary N) is 1. The minimum atomic E-state index is -0.269. The van der Waals surface area contributed by atoms with Crippen LogP contribution in [0.1, 0.15) is 34.4 Å². The van der Waals surface area contributed by atoms with Crippen molar-refractivity contribution < 1.29 is 14.0 Å². The fourth-order valence-corrected chi connectivity index (χ4v) is 3.53. The van der Waals surface area contributed by atoms with Gasteiger partial charge in [-0.25, -0.2) is 4.98 Å². The molecule has 3 rings (SSSR count). The van der Waals surface area contributed by atoms with Crippen molar-refractivity contribution in [1.29, 1.82) is 0 Å². The van der Waals surface area contributed by atoms with E-state index in [4.69, 9.17) is 4.42 Å². The van der Waals surface area contributed by atoms with Gasteiger partial charge in [0.2, 0.25) is 5.91 Å². The summed E-state index contributed by atoms with van der Waals surface area (Å²) in [4.78, 5) is 32.7. The van der Waals surface area contributed by atoms with Crippen molar-refractivity contribution in [2.75, 3.05) is 20.1 Å². The number of oxazole rings is 1. The lowest BCUT2D eigenvalue weighted by Crippen LogP contribution is -2.62. The van der Waals surface area contributed by atoms with Gasteiger partial charge >= 0.3 is 0 Å². The van der Waals surface area contributed by atoms with Gasteiger partial charge in [-0.15, -0.1) is 0 Å². The van der Waals surface area contributed by atoms with Crippen molar-refractivity contribution in [1.82, 2.24) is 20.1 Å². The van der Waals surface area contributed by atoms with E-state index in [1.165, 1.54) is 11.8 Å². The number of hydrogen-bond donors (Lipinski definition) is 1. The third-order valence-corrected chi connectivity index (χ3v) is 4.98. The molecule has 1 fully saturated rings. The Morgan fingerprint density at radius 2 is 2.15 bits per heavy atom. The highest BCUT2D eigenvalue weighted by atomic mass is 16.3. The summed E-state index contributed by atoms with van der Waals surface area (Å²) in [5, 5.41) is 2.92. The third-order valence-electron chi connectivity index (χ3n) is 4.98. The molecule has 1 N–H and O–H groups in total. The Labute approximate surface area is 159 Å². The molecule has 0 spiro atoms. The quantitative estimate of drug-likeness (QED) is 0.868. The number of rotatable bonds is 5. The monoisotopic (exact) mass is 370 g/mol. The van der Waals surface area contributed by atoms with Gasteiger partial charge in [0.15, 0.2) is 11.6 Å². The van der Waals surface area contributed by atoms with Crippen LogP contribution in [-0.4, -0.2) is 58.8 Å². The molecule has 0 aliphatic carbocycles. The van der Waals surface area contributed by atoms with Crippen LogP contribution in [-0.2, 0) is 11.3 Å². The van der Waals surface area contributed by atoms with E-state index in [9.17, 15) is 9.59 Å². The Bertz CT molecular complexity index is 832. The Morgan fingerprint density at radius 3 is 2.81 bits per heavy atom. The Morgan fingerprint density at radius 1 is 1.37 bits per heavy atom. The van der Waals surface area contributed by atoms with Gasteiger partial charge < -0.3 is 14.6 Å². The molecule has 1 aliphatic rings. The molecular formula is C20H26N4O3. The smallest absolute Gasteiger partial charge is 0.273 e. The summed E-state index contributed by atoms with van der Waals surface area (Å²) in [5.74, 6) is 0.282. The van der Waals surface area contributed by atoms with Gasteiger partial charge in [0.05, 0.1) is 6.04 Å². The first-order valence-corrected chi connectivity index (χ1v) is 9.11. The average molecular weight is 370 g/mol. The van der Waals surface area contributed by atoms with Gasteiger partial charge in [-0.1, -0.05) is 29.8 Å². The standard InChI is InChI=1S/C20H26N4O3/c1-13-6-5-7-16(8-13)10-24-14(2)20(26)23(4)11-17(24)9-21-19(25)18-12-27-15(3)22-18/h5-8,12,14,17H,9-11H2,1-4H3,(H,21,25)/t14-,17+/m0/s1. The number of likely N-dealkylation sites (N-methyl/N-ethyl adjacent to an activating group) is 1. The summed E-state index contributed by atoms with van der Waals surface area (Å²) < 4.78 is 5.10. The minimum absolute atomic E-state index is 0.0140. The normalized spacial score (nSPS) is 20.7. The van der Waals surface area contributed by atoms with E-state index in [0.29, 0.717) is 25.5 Å². The predicted octanol–water partition coefficient (Wildman–Crippen LogP) is 1.75. The van der Waals surface area contributed by atoms with Crippen molar-refractivity contribution in [2.24, 2.45) is 0 Å². The van der Waals surface area contributed by atoms with Gasteiger partial charge in [0.1, 0.15) is 6.26 Å². The highest BCUT2D eigenvalue weighted by Crippen LogP contribution is 2.20. The molecule has 7 heteroatoms. The number of aromatic nitrogens is 1. The molecule has 0 bridgehead atoms. The summed E-state index contributed by atoms with van der Waals surface area (Å²) in [7, 11) is 1.80. The summed E-state index contributed by atoms with van der Waals surface area (Å²) in [6.07, 6.45) is 1.36. The fourth-order valence-electron chi connectivity index (χ4n) is 3.53. The van der Waals surface area contributed by atoms with Crippen molar-refractivity contribution in [3.8, 4) is 0 Å². The largest absolute Gasteiger partial charge is 0.448 e. The fraction of sp³-hybridized carbons (Fsp3) is 0.450. The molecule has 2 heterocycles. The molecule has 2 aromatic rings. The first-order chi connectivity index (χ1) is 12.8. The molecular weight excluding hydrogens is 344 g/mol. The number of piperazine rings is 1. The number of carbonyl (C=O) groups excluding carboxylic acids is 2. The van der Waals surface area contributed by atoms with E-state index < -0.39 is 0 Å². The van der Waals surface area contributed by atoms with Crippen LogP contribution in [0.25, 0.3) is 0 Å². The molecule has 1 saturated heterocycles. The Balaban J connectivity index is 1.73. The van der Waals surface area contributed by atoms with E-state index in [2.05, 4.69) is 40.3 Å². The van der Waals surface area contributed by atoms with E-state index in [0.717, 1.165) is 5.56 Å². The highest BCUT2D eigenvalue weighted by Gasteiger charge is 2.36. The maximum absolute atomic E-state index is 12.5. The topological polar surface area (TPSA) is 78.7 Å². The Kier molecular flexibility index (Phi) is 5.60.